The van der Waals surface area contributed by atoms with Gasteiger partial charge in [-0.2, -0.15) is 0 Å². The molecule has 0 bridgehead atoms. The summed E-state index contributed by atoms with van der Waals surface area (Å²) in [5.41, 5.74) is 0. The summed E-state index contributed by atoms with van der Waals surface area (Å²) in [5, 5.41) is 0.851. The summed E-state index contributed by atoms with van der Waals surface area (Å²) in [6, 6.07) is 0. The highest BCUT2D eigenvalue weighted by atomic mass is 28.3. The van der Waals surface area contributed by atoms with Crippen molar-refractivity contribution in [3.63, 3.8) is 0 Å². The van der Waals surface area contributed by atoms with E-state index in [4.69, 9.17) is 0 Å². The Morgan fingerprint density at radius 3 is 1.00 bits per heavy atom. The molecule has 0 fully saturated rings. The molecule has 0 aliphatic heterocycles. The van der Waals surface area contributed by atoms with Gasteiger partial charge in [-0.1, -0.05) is 48.1 Å². The smallest absolute Gasteiger partial charge is 0.135 e. The zero-order valence-electron chi connectivity index (χ0n) is 10.9. The molecule has 0 aromatic carbocycles. The van der Waals surface area contributed by atoms with E-state index in [-0.39, 0.29) is 0 Å². The van der Waals surface area contributed by atoms with E-state index in [0.717, 1.165) is 0 Å². The average Bonchev–Trinajstić information content (AvgIpc) is 1.80. The first kappa shape index (κ1) is 13.2. The molecule has 0 rings (SSSR count). The van der Waals surface area contributed by atoms with E-state index >= 15 is 0 Å². The Labute approximate surface area is 85.6 Å². The van der Waals surface area contributed by atoms with Crippen LogP contribution in [0.25, 0.3) is 0 Å². The fraction of sp³-hybridized carbons (Fsp3) is 1.00. The van der Waals surface area contributed by atoms with Crippen LogP contribution in [0.2, 0.25) is 16.6 Å². The lowest BCUT2D eigenvalue weighted by molar-refractivity contribution is 0.481. The number of hydrogen-bond acceptors (Lipinski definition) is 1. The summed E-state index contributed by atoms with van der Waals surface area (Å²) >= 11 is 0. The Kier molecular flexibility index (Phi) is 3.44. The van der Waals surface area contributed by atoms with Crippen molar-refractivity contribution in [3.05, 3.63) is 0 Å². The van der Waals surface area contributed by atoms with Gasteiger partial charge in [-0.25, -0.2) is 0 Å². The average molecular weight is 201 g/mol. The van der Waals surface area contributed by atoms with Crippen LogP contribution >= 0.6 is 0 Å². The van der Waals surface area contributed by atoms with Gasteiger partial charge in [-0.05, 0) is 24.2 Å². The summed E-state index contributed by atoms with van der Waals surface area (Å²) in [6.07, 6.45) is 0. The molecule has 0 unspecified atom stereocenters. The van der Waals surface area contributed by atoms with Gasteiger partial charge < -0.3 is 4.57 Å². The first-order valence-electron chi connectivity index (χ1n) is 5.12. The van der Waals surface area contributed by atoms with Crippen molar-refractivity contribution in [2.24, 2.45) is 0 Å². The molecule has 0 saturated heterocycles. The maximum absolute atomic E-state index is 2.49. The molecule has 0 aromatic rings. The summed E-state index contributed by atoms with van der Waals surface area (Å²) in [4.78, 5) is 0. The third-order valence-corrected chi connectivity index (χ3v) is 11.4. The molecule has 0 aliphatic rings. The second-order valence-corrected chi connectivity index (χ2v) is 12.5. The molecule has 0 radical (unpaired) electrons. The van der Waals surface area contributed by atoms with E-state index in [1.807, 2.05) is 0 Å². The summed E-state index contributed by atoms with van der Waals surface area (Å²) in [6.45, 7) is 16.8. The Balaban J connectivity index is 5.22. The minimum atomic E-state index is -1.40. The van der Waals surface area contributed by atoms with Crippen LogP contribution in [0, 0.1) is 0 Å². The van der Waals surface area contributed by atoms with E-state index in [1.54, 1.807) is 0 Å². The maximum Gasteiger partial charge on any atom is 0.135 e. The molecule has 0 N–H and O–H groups in total. The van der Waals surface area contributed by atoms with Gasteiger partial charge in [0.2, 0.25) is 0 Å². The standard InChI is InChI=1S/C11H27NSi/c1-10(2,3)13(9,12(7)8)11(4,5)6/h1-9H3. The molecule has 0 saturated carbocycles. The number of nitrogens with zero attached hydrogens (tertiary/aromatic N) is 1. The van der Waals surface area contributed by atoms with E-state index in [9.17, 15) is 0 Å². The summed E-state index contributed by atoms with van der Waals surface area (Å²) in [7, 11) is 3.08. The Hall–Kier alpha value is 0.177. The lowest BCUT2D eigenvalue weighted by Gasteiger charge is -2.53. The third kappa shape index (κ3) is 2.16. The van der Waals surface area contributed by atoms with Crippen molar-refractivity contribution in [2.45, 2.75) is 58.2 Å². The Bertz CT molecular complexity index is 158. The van der Waals surface area contributed by atoms with Gasteiger partial charge in [0.05, 0.1) is 0 Å². The molecule has 0 heterocycles. The first-order valence-corrected chi connectivity index (χ1v) is 7.57. The van der Waals surface area contributed by atoms with Gasteiger partial charge in [0.15, 0.2) is 0 Å². The van der Waals surface area contributed by atoms with Crippen LogP contribution in [0.4, 0.5) is 0 Å². The normalized spacial score (nSPS) is 15.2. The van der Waals surface area contributed by atoms with Crippen LogP contribution < -0.4 is 0 Å². The molecule has 80 valence electrons. The van der Waals surface area contributed by atoms with E-state index in [2.05, 4.69) is 66.8 Å². The van der Waals surface area contributed by atoms with E-state index in [0.29, 0.717) is 10.1 Å². The molecule has 0 aromatic heterocycles. The lowest BCUT2D eigenvalue weighted by Crippen LogP contribution is -2.59. The summed E-state index contributed by atoms with van der Waals surface area (Å²) in [5.74, 6) is 0. The van der Waals surface area contributed by atoms with Crippen LogP contribution in [0.15, 0.2) is 0 Å². The van der Waals surface area contributed by atoms with Crippen LogP contribution in [-0.4, -0.2) is 26.9 Å². The molecule has 2 heteroatoms. The minimum absolute atomic E-state index is 0.425. The van der Waals surface area contributed by atoms with Crippen LogP contribution in [0.1, 0.15) is 41.5 Å². The first-order chi connectivity index (χ1) is 5.44. The second-order valence-electron chi connectivity index (χ2n) is 6.47. The SMILES string of the molecule is CN(C)[Si](C)(C(C)(C)C)C(C)(C)C. The highest BCUT2D eigenvalue weighted by Crippen LogP contribution is 2.51. The highest BCUT2D eigenvalue weighted by Gasteiger charge is 2.50. The van der Waals surface area contributed by atoms with Gasteiger partial charge in [0.1, 0.15) is 8.24 Å². The molecule has 0 amide bonds. The minimum Gasteiger partial charge on any atom is -0.328 e. The number of hydrogen-bond donors (Lipinski definition) is 0. The monoisotopic (exact) mass is 201 g/mol. The third-order valence-electron chi connectivity index (χ3n) is 3.82. The van der Waals surface area contributed by atoms with Gasteiger partial charge in [-0.15, -0.1) is 0 Å². The fourth-order valence-corrected chi connectivity index (χ4v) is 7.40. The summed E-state index contributed by atoms with van der Waals surface area (Å²) < 4.78 is 2.49. The topological polar surface area (TPSA) is 3.24 Å². The van der Waals surface area contributed by atoms with Crippen LogP contribution in [0.3, 0.4) is 0 Å². The van der Waals surface area contributed by atoms with Crippen molar-refractivity contribution >= 4 is 8.24 Å². The molecule has 13 heavy (non-hydrogen) atoms. The zero-order chi connectivity index (χ0) is 11.1. The van der Waals surface area contributed by atoms with E-state index < -0.39 is 8.24 Å². The maximum atomic E-state index is 2.49. The van der Waals surface area contributed by atoms with Gasteiger partial charge in [0, 0.05) is 0 Å². The second kappa shape index (κ2) is 3.39. The predicted octanol–water partition coefficient (Wildman–Crippen LogP) is 3.72. The fourth-order valence-electron chi connectivity index (χ4n) is 2.47. The highest BCUT2D eigenvalue weighted by molar-refractivity contribution is 6.81. The van der Waals surface area contributed by atoms with Gasteiger partial charge in [-0.3, -0.25) is 0 Å². The molecule has 0 aliphatic carbocycles. The lowest BCUT2D eigenvalue weighted by atomic mass is 10.2. The molecular weight excluding hydrogens is 174 g/mol. The molecule has 1 nitrogen and oxygen atoms in total. The molecule has 0 spiro atoms. The molecule has 0 atom stereocenters. The van der Waals surface area contributed by atoms with Crippen molar-refractivity contribution in [1.29, 1.82) is 0 Å². The van der Waals surface area contributed by atoms with Crippen molar-refractivity contribution in [1.82, 2.24) is 4.57 Å². The van der Waals surface area contributed by atoms with Crippen molar-refractivity contribution in [3.8, 4) is 0 Å². The van der Waals surface area contributed by atoms with Crippen LogP contribution in [-0.2, 0) is 0 Å². The largest absolute Gasteiger partial charge is 0.328 e. The van der Waals surface area contributed by atoms with Crippen molar-refractivity contribution in [2.75, 3.05) is 14.1 Å². The van der Waals surface area contributed by atoms with Crippen LogP contribution in [0.5, 0.6) is 0 Å². The molecular formula is C11H27NSi. The van der Waals surface area contributed by atoms with Gasteiger partial charge >= 0.3 is 0 Å². The zero-order valence-corrected chi connectivity index (χ0v) is 11.9. The quantitative estimate of drug-likeness (QED) is 0.584. The Morgan fingerprint density at radius 1 is 0.769 bits per heavy atom. The van der Waals surface area contributed by atoms with Crippen molar-refractivity contribution < 1.29 is 0 Å². The van der Waals surface area contributed by atoms with E-state index in [1.165, 1.54) is 0 Å². The Morgan fingerprint density at radius 2 is 1.00 bits per heavy atom. The number of rotatable bonds is 1. The van der Waals surface area contributed by atoms with Gasteiger partial charge in [0.25, 0.3) is 0 Å². The predicted molar refractivity (Wildman–Crippen MR) is 64.7 cm³/mol.